The second-order valence-electron chi connectivity index (χ2n) is 8.69. The van der Waals surface area contributed by atoms with Crippen molar-refractivity contribution < 1.29 is 23.4 Å². The minimum absolute atomic E-state index is 0.0117. The van der Waals surface area contributed by atoms with Gasteiger partial charge < -0.3 is 14.7 Å². The molecule has 1 heterocycles. The van der Waals surface area contributed by atoms with E-state index in [4.69, 9.17) is 4.74 Å². The number of amides is 1. The highest BCUT2D eigenvalue weighted by Crippen LogP contribution is 2.41. The molecule has 6 heteroatoms. The van der Waals surface area contributed by atoms with Crippen LogP contribution in [0.15, 0.2) is 72.8 Å². The zero-order chi connectivity index (χ0) is 24.1. The Hall–Kier alpha value is -3.25. The third-order valence-corrected chi connectivity index (χ3v) is 6.62. The summed E-state index contributed by atoms with van der Waals surface area (Å²) in [5, 5.41) is 9.38. The van der Waals surface area contributed by atoms with E-state index in [9.17, 15) is 18.7 Å². The monoisotopic (exact) mass is 465 g/mol. The summed E-state index contributed by atoms with van der Waals surface area (Å²) < 4.78 is 32.8. The van der Waals surface area contributed by atoms with Crippen molar-refractivity contribution in [2.75, 3.05) is 13.2 Å². The number of carbonyl (C=O) groups is 1. The van der Waals surface area contributed by atoms with Gasteiger partial charge in [0, 0.05) is 19.6 Å². The molecule has 3 aromatic carbocycles. The van der Waals surface area contributed by atoms with Crippen LogP contribution in [-0.2, 0) is 10.3 Å². The smallest absolute Gasteiger partial charge is 0.411 e. The van der Waals surface area contributed by atoms with E-state index < -0.39 is 11.7 Å². The molecule has 1 aliphatic heterocycles. The summed E-state index contributed by atoms with van der Waals surface area (Å²) in [6, 6.07) is 20.2. The molecule has 0 bridgehead atoms. The Morgan fingerprint density at radius 2 is 1.50 bits per heavy atom. The highest BCUT2D eigenvalue weighted by Gasteiger charge is 2.43. The molecular formula is C28H29F2NO3. The lowest BCUT2D eigenvalue weighted by atomic mass is 9.84. The Morgan fingerprint density at radius 3 is 2.03 bits per heavy atom. The van der Waals surface area contributed by atoms with E-state index in [1.807, 2.05) is 31.2 Å². The van der Waals surface area contributed by atoms with E-state index in [2.05, 4.69) is 0 Å². The van der Waals surface area contributed by atoms with Crippen LogP contribution < -0.4 is 0 Å². The summed E-state index contributed by atoms with van der Waals surface area (Å²) in [7, 11) is 0. The first kappa shape index (κ1) is 23.9. The maximum absolute atomic E-state index is 13.5. The maximum atomic E-state index is 13.5. The first-order valence-corrected chi connectivity index (χ1v) is 11.7. The van der Waals surface area contributed by atoms with Crippen molar-refractivity contribution in [1.29, 1.82) is 0 Å². The van der Waals surface area contributed by atoms with Crippen molar-refractivity contribution in [3.63, 3.8) is 0 Å². The molecule has 1 amide bonds. The number of hydrogen-bond donors (Lipinski definition) is 1. The van der Waals surface area contributed by atoms with Gasteiger partial charge in [0.2, 0.25) is 0 Å². The van der Waals surface area contributed by atoms with E-state index in [0.29, 0.717) is 32.2 Å². The summed E-state index contributed by atoms with van der Waals surface area (Å²) >= 11 is 0. The summed E-state index contributed by atoms with van der Waals surface area (Å²) in [6.07, 6.45) is 1.80. The fourth-order valence-electron chi connectivity index (χ4n) is 4.77. The molecule has 0 saturated carbocycles. The van der Waals surface area contributed by atoms with Crippen LogP contribution in [0.4, 0.5) is 13.6 Å². The molecule has 3 aromatic rings. The Balaban J connectivity index is 1.54. The van der Waals surface area contributed by atoms with Gasteiger partial charge in [0.25, 0.3) is 0 Å². The fraction of sp³-hybridized carbons (Fsp3) is 0.321. The van der Waals surface area contributed by atoms with Gasteiger partial charge in [-0.2, -0.15) is 0 Å². The first-order valence-electron chi connectivity index (χ1n) is 11.7. The van der Waals surface area contributed by atoms with Gasteiger partial charge in [0.1, 0.15) is 17.2 Å². The van der Waals surface area contributed by atoms with Gasteiger partial charge in [-0.05, 0) is 65.8 Å². The average Bonchev–Trinajstić information content (AvgIpc) is 2.86. The number of hydrogen-bond acceptors (Lipinski definition) is 3. The van der Waals surface area contributed by atoms with Crippen LogP contribution in [0, 0.1) is 11.6 Å². The van der Waals surface area contributed by atoms with Crippen LogP contribution in [0.1, 0.15) is 49.8 Å². The van der Waals surface area contributed by atoms with Gasteiger partial charge in [-0.25, -0.2) is 13.6 Å². The van der Waals surface area contributed by atoms with Crippen molar-refractivity contribution in [3.05, 3.63) is 95.6 Å². The van der Waals surface area contributed by atoms with Crippen molar-refractivity contribution in [2.24, 2.45) is 0 Å². The Labute approximate surface area is 198 Å². The van der Waals surface area contributed by atoms with E-state index in [-0.39, 0.29) is 24.3 Å². The van der Waals surface area contributed by atoms with E-state index in [0.717, 1.165) is 22.3 Å². The van der Waals surface area contributed by atoms with Crippen molar-refractivity contribution in [1.82, 2.24) is 4.90 Å². The Morgan fingerprint density at radius 1 is 0.941 bits per heavy atom. The summed E-state index contributed by atoms with van der Waals surface area (Å²) in [5.41, 5.74) is 2.75. The minimum atomic E-state index is -0.880. The number of halogens is 2. The lowest BCUT2D eigenvalue weighted by molar-refractivity contribution is -0.0697. The number of aliphatic hydroxyl groups excluding tert-OH is 1. The molecule has 2 atom stereocenters. The van der Waals surface area contributed by atoms with Gasteiger partial charge in [0.05, 0.1) is 6.04 Å². The maximum Gasteiger partial charge on any atom is 0.411 e. The normalized spacial score (nSPS) is 19.1. The Bertz CT molecular complexity index is 1100. The number of cyclic esters (lactones) is 1. The van der Waals surface area contributed by atoms with Crippen LogP contribution in [0.3, 0.4) is 0 Å². The molecule has 1 N–H and O–H groups in total. The molecule has 34 heavy (non-hydrogen) atoms. The number of benzene rings is 3. The summed E-state index contributed by atoms with van der Waals surface area (Å²) in [4.78, 5) is 15.0. The van der Waals surface area contributed by atoms with Crippen LogP contribution in [0.5, 0.6) is 0 Å². The van der Waals surface area contributed by atoms with E-state index in [1.54, 1.807) is 29.2 Å². The van der Waals surface area contributed by atoms with E-state index in [1.165, 1.54) is 24.3 Å². The molecule has 1 saturated heterocycles. The second-order valence-corrected chi connectivity index (χ2v) is 8.69. The zero-order valence-corrected chi connectivity index (χ0v) is 19.2. The van der Waals surface area contributed by atoms with Crippen LogP contribution >= 0.6 is 0 Å². The summed E-state index contributed by atoms with van der Waals surface area (Å²) in [6.45, 7) is 2.50. The third-order valence-electron chi connectivity index (χ3n) is 6.62. The highest BCUT2D eigenvalue weighted by molar-refractivity contribution is 5.70. The van der Waals surface area contributed by atoms with Gasteiger partial charge in [0.15, 0.2) is 0 Å². The number of ether oxygens (including phenoxy) is 1. The molecular weight excluding hydrogens is 436 g/mol. The zero-order valence-electron chi connectivity index (χ0n) is 19.2. The molecule has 178 valence electrons. The van der Waals surface area contributed by atoms with Crippen LogP contribution in [0.2, 0.25) is 0 Å². The predicted octanol–water partition coefficient (Wildman–Crippen LogP) is 6.59. The highest BCUT2D eigenvalue weighted by atomic mass is 19.1. The van der Waals surface area contributed by atoms with Crippen LogP contribution in [0.25, 0.3) is 11.1 Å². The SMILES string of the molecule is CC[C@@H](c1ccc(-c2ccc(F)cc2)cc1)N1CCC(CCCO)(c2ccc(F)cc2)OC1=O. The molecule has 4 rings (SSSR count). The predicted molar refractivity (Wildman–Crippen MR) is 127 cm³/mol. The minimum Gasteiger partial charge on any atom is -0.438 e. The van der Waals surface area contributed by atoms with Gasteiger partial charge in [-0.3, -0.25) is 0 Å². The largest absolute Gasteiger partial charge is 0.438 e. The Kier molecular flexibility index (Phi) is 7.27. The standard InChI is InChI=1S/C28H29F2NO3/c1-2-26(22-6-4-20(5-7-22)21-8-12-24(29)13-9-21)31-18-17-28(16-3-19-32,34-27(31)33)23-10-14-25(30)15-11-23/h4-15,26,32H,2-3,16-19H2,1H3/t26-,28?/m0/s1. The number of aliphatic hydroxyl groups is 1. The third kappa shape index (κ3) is 4.97. The van der Waals surface area contributed by atoms with Crippen molar-refractivity contribution >= 4 is 6.09 Å². The number of nitrogens with zero attached hydrogens (tertiary/aromatic N) is 1. The summed E-state index contributed by atoms with van der Waals surface area (Å²) in [5.74, 6) is -0.620. The van der Waals surface area contributed by atoms with E-state index >= 15 is 0 Å². The lowest BCUT2D eigenvalue weighted by Gasteiger charge is -2.44. The number of rotatable bonds is 8. The molecule has 1 fully saturated rings. The van der Waals surface area contributed by atoms with Crippen molar-refractivity contribution in [2.45, 2.75) is 44.2 Å². The average molecular weight is 466 g/mol. The topological polar surface area (TPSA) is 49.8 Å². The van der Waals surface area contributed by atoms with Crippen molar-refractivity contribution in [3.8, 4) is 11.1 Å². The van der Waals surface area contributed by atoms with Crippen LogP contribution in [-0.4, -0.2) is 29.3 Å². The molecule has 0 radical (unpaired) electrons. The molecule has 1 unspecified atom stereocenters. The van der Waals surface area contributed by atoms with Gasteiger partial charge in [-0.1, -0.05) is 55.5 Å². The first-order chi connectivity index (χ1) is 16.5. The molecule has 4 nitrogen and oxygen atoms in total. The second kappa shape index (κ2) is 10.3. The molecule has 0 spiro atoms. The quantitative estimate of drug-likeness (QED) is 0.408. The molecule has 0 aliphatic carbocycles. The number of carbonyl (C=O) groups excluding carboxylic acids is 1. The molecule has 1 aliphatic rings. The fourth-order valence-corrected chi connectivity index (χ4v) is 4.77. The lowest BCUT2D eigenvalue weighted by Crippen LogP contribution is -2.49. The van der Waals surface area contributed by atoms with Gasteiger partial charge in [-0.15, -0.1) is 0 Å². The van der Waals surface area contributed by atoms with Gasteiger partial charge >= 0.3 is 6.09 Å². The molecule has 0 aromatic heterocycles.